The smallest absolute Gasteiger partial charge is 0.336 e. The number of ketones is 1. The van der Waals surface area contributed by atoms with Crippen molar-refractivity contribution < 1.29 is 45.8 Å². The molecular weight excluding hydrogens is 537 g/mol. The highest BCUT2D eigenvalue weighted by atomic mass is 19.2. The van der Waals surface area contributed by atoms with Gasteiger partial charge in [-0.3, -0.25) is 4.79 Å². The van der Waals surface area contributed by atoms with Crippen LogP contribution in [-0.2, 0) is 20.9 Å². The third kappa shape index (κ3) is 5.16. The van der Waals surface area contributed by atoms with Gasteiger partial charge in [0, 0.05) is 34.9 Å². The van der Waals surface area contributed by atoms with Gasteiger partial charge in [-0.2, -0.15) is 8.78 Å². The van der Waals surface area contributed by atoms with Gasteiger partial charge in [-0.1, -0.05) is 19.9 Å². The molecule has 2 aromatic rings. The summed E-state index contributed by atoms with van der Waals surface area (Å²) in [6, 6.07) is 4.63. The zero-order valence-electron chi connectivity index (χ0n) is 22.6. The lowest BCUT2D eigenvalue weighted by molar-refractivity contribution is -0.138. The summed E-state index contributed by atoms with van der Waals surface area (Å²) in [5.74, 6) is -13.7. The number of Topliss-reactive ketones (excluding diaryl/α,β-unsaturated/α-hetero) is 1. The van der Waals surface area contributed by atoms with Gasteiger partial charge in [0.2, 0.25) is 29.1 Å². The second-order valence-corrected chi connectivity index (χ2v) is 10.4. The fourth-order valence-electron chi connectivity index (χ4n) is 5.20. The van der Waals surface area contributed by atoms with Crippen molar-refractivity contribution in [2.75, 3.05) is 13.7 Å². The highest BCUT2D eigenvalue weighted by molar-refractivity contribution is 6.04. The molecule has 0 saturated heterocycles. The van der Waals surface area contributed by atoms with Crippen LogP contribution in [0.3, 0.4) is 0 Å². The van der Waals surface area contributed by atoms with Gasteiger partial charge in [0.15, 0.2) is 11.5 Å². The number of carbonyl (C=O) groups excluding carboxylic acids is 2. The molecule has 0 amide bonds. The molecule has 0 bridgehead atoms. The summed E-state index contributed by atoms with van der Waals surface area (Å²) in [6.45, 7) is 6.73. The minimum Gasteiger partial charge on any atom is -0.496 e. The Hall–Kier alpha value is -3.89. The molecule has 0 aromatic heterocycles. The van der Waals surface area contributed by atoms with Gasteiger partial charge in [0.1, 0.15) is 12.4 Å². The van der Waals surface area contributed by atoms with Crippen LogP contribution in [0.1, 0.15) is 57.6 Å². The molecule has 40 heavy (non-hydrogen) atoms. The van der Waals surface area contributed by atoms with E-state index in [-0.39, 0.29) is 41.1 Å². The van der Waals surface area contributed by atoms with E-state index >= 15 is 0 Å². The quantitative estimate of drug-likeness (QED) is 0.188. The number of allylic oxidation sites excluding steroid dienone is 3. The summed E-state index contributed by atoms with van der Waals surface area (Å²) in [5, 5.41) is 3.21. The molecule has 0 unspecified atom stereocenters. The molecule has 1 atom stereocenters. The van der Waals surface area contributed by atoms with Crippen molar-refractivity contribution >= 4 is 11.8 Å². The summed E-state index contributed by atoms with van der Waals surface area (Å²) in [4.78, 5) is 26.5. The Morgan fingerprint density at radius 2 is 1.65 bits per heavy atom. The average Bonchev–Trinajstić information content (AvgIpc) is 2.89. The lowest BCUT2D eigenvalue weighted by Gasteiger charge is -2.39. The number of esters is 1. The molecule has 214 valence electrons. The molecule has 0 saturated carbocycles. The monoisotopic (exact) mass is 565 g/mol. The van der Waals surface area contributed by atoms with E-state index in [1.165, 1.54) is 19.2 Å². The lowest BCUT2D eigenvalue weighted by Crippen LogP contribution is -2.38. The second-order valence-electron chi connectivity index (χ2n) is 10.4. The Morgan fingerprint density at radius 3 is 2.25 bits per heavy atom. The van der Waals surface area contributed by atoms with E-state index in [0.29, 0.717) is 29.0 Å². The van der Waals surface area contributed by atoms with Crippen molar-refractivity contribution in [3.63, 3.8) is 0 Å². The lowest BCUT2D eigenvalue weighted by atomic mass is 9.68. The molecule has 0 fully saturated rings. The SMILES string of the molecule is CCOC(=O)C1=C(C)NC2=C(C(=O)CC(C)(C)C2)[C@@H]1c1ccc(OC)c(COc2c(F)c(F)c(F)c(F)c2F)c1. The largest absolute Gasteiger partial charge is 0.496 e. The number of methoxy groups -OCH3 is 1. The highest BCUT2D eigenvalue weighted by Gasteiger charge is 2.43. The van der Waals surface area contributed by atoms with Crippen LogP contribution in [0.5, 0.6) is 11.5 Å². The Labute approximate surface area is 227 Å². The van der Waals surface area contributed by atoms with Crippen LogP contribution in [0, 0.1) is 34.5 Å². The first-order valence-corrected chi connectivity index (χ1v) is 12.5. The molecule has 2 aromatic carbocycles. The summed E-state index contributed by atoms with van der Waals surface area (Å²) >= 11 is 0. The normalized spacial score (nSPS) is 18.4. The number of rotatable bonds is 7. The van der Waals surface area contributed by atoms with Crippen LogP contribution < -0.4 is 14.8 Å². The first kappa shape index (κ1) is 29.1. The molecule has 1 heterocycles. The average molecular weight is 566 g/mol. The first-order valence-electron chi connectivity index (χ1n) is 12.5. The summed E-state index contributed by atoms with van der Waals surface area (Å²) in [5.41, 5.74) is 2.09. The van der Waals surface area contributed by atoms with Gasteiger partial charge >= 0.3 is 5.97 Å². The van der Waals surface area contributed by atoms with Crippen molar-refractivity contribution in [1.29, 1.82) is 0 Å². The standard InChI is InChI=1S/C29H28F5NO5/c1-6-39-28(37)19-13(2)35-16-10-29(3,4)11-17(36)21(16)20(19)14-7-8-18(38-5)15(9-14)12-40-27-25(33)23(31)22(30)24(32)26(27)34/h7-9,20,35H,6,10-12H2,1-5H3/t20-/m1/s1. The molecule has 6 nitrogen and oxygen atoms in total. The van der Waals surface area contributed by atoms with Gasteiger partial charge in [-0.05, 0) is 43.4 Å². The van der Waals surface area contributed by atoms with E-state index in [9.17, 15) is 31.5 Å². The molecular formula is C29H28F5NO5. The summed E-state index contributed by atoms with van der Waals surface area (Å²) < 4.78 is 85.0. The van der Waals surface area contributed by atoms with Crippen LogP contribution in [0.15, 0.2) is 40.7 Å². The van der Waals surface area contributed by atoms with Gasteiger partial charge in [0.05, 0.1) is 19.3 Å². The van der Waals surface area contributed by atoms with Crippen molar-refractivity contribution in [3.8, 4) is 11.5 Å². The van der Waals surface area contributed by atoms with E-state index in [4.69, 9.17) is 14.2 Å². The third-order valence-electron chi connectivity index (χ3n) is 6.91. The topological polar surface area (TPSA) is 73.9 Å². The van der Waals surface area contributed by atoms with E-state index in [1.807, 2.05) is 13.8 Å². The maximum Gasteiger partial charge on any atom is 0.336 e. The molecule has 4 rings (SSSR count). The molecule has 11 heteroatoms. The number of benzene rings is 2. The van der Waals surface area contributed by atoms with E-state index in [2.05, 4.69) is 5.32 Å². The number of ether oxygens (including phenoxy) is 3. The molecule has 0 radical (unpaired) electrons. The number of hydrogen-bond donors (Lipinski definition) is 1. The number of dihydropyridines is 1. The van der Waals surface area contributed by atoms with Crippen LogP contribution in [0.4, 0.5) is 22.0 Å². The maximum absolute atomic E-state index is 14.2. The van der Waals surface area contributed by atoms with E-state index < -0.39 is 53.3 Å². The second kappa shape index (κ2) is 10.9. The summed E-state index contributed by atoms with van der Waals surface area (Å²) in [7, 11) is 1.32. The van der Waals surface area contributed by atoms with Crippen molar-refractivity contribution in [2.45, 2.75) is 53.1 Å². The van der Waals surface area contributed by atoms with Crippen molar-refractivity contribution in [3.05, 3.63) is 81.0 Å². The summed E-state index contributed by atoms with van der Waals surface area (Å²) in [6.07, 6.45) is 0.788. The number of halogens is 5. The van der Waals surface area contributed by atoms with Gasteiger partial charge in [-0.15, -0.1) is 0 Å². The predicted molar refractivity (Wildman–Crippen MR) is 134 cm³/mol. The number of carbonyl (C=O) groups is 2. The zero-order chi connectivity index (χ0) is 29.5. The Morgan fingerprint density at radius 1 is 1.02 bits per heavy atom. The third-order valence-corrected chi connectivity index (χ3v) is 6.91. The molecule has 1 aliphatic carbocycles. The minimum absolute atomic E-state index is 0.0961. The Bertz CT molecular complexity index is 1430. The van der Waals surface area contributed by atoms with Crippen molar-refractivity contribution in [2.24, 2.45) is 5.41 Å². The highest BCUT2D eigenvalue weighted by Crippen LogP contribution is 2.47. The van der Waals surface area contributed by atoms with Crippen LogP contribution in [-0.4, -0.2) is 25.5 Å². The van der Waals surface area contributed by atoms with Crippen molar-refractivity contribution in [1.82, 2.24) is 5.32 Å². The van der Waals surface area contributed by atoms with Gasteiger partial charge < -0.3 is 19.5 Å². The zero-order valence-corrected chi connectivity index (χ0v) is 22.6. The molecule has 2 aliphatic rings. The van der Waals surface area contributed by atoms with Gasteiger partial charge in [-0.25, -0.2) is 18.0 Å². The van der Waals surface area contributed by atoms with E-state index in [1.54, 1.807) is 19.9 Å². The first-order chi connectivity index (χ1) is 18.8. The fourth-order valence-corrected chi connectivity index (χ4v) is 5.20. The number of nitrogens with one attached hydrogen (secondary N) is 1. The van der Waals surface area contributed by atoms with Crippen LogP contribution in [0.25, 0.3) is 0 Å². The van der Waals surface area contributed by atoms with E-state index in [0.717, 1.165) is 0 Å². The molecule has 1 aliphatic heterocycles. The number of hydrogen-bond acceptors (Lipinski definition) is 6. The maximum atomic E-state index is 14.2. The Balaban J connectivity index is 1.81. The Kier molecular flexibility index (Phi) is 7.96. The predicted octanol–water partition coefficient (Wildman–Crippen LogP) is 6.14. The van der Waals surface area contributed by atoms with Crippen LogP contribution in [0.2, 0.25) is 0 Å². The molecule has 1 N–H and O–H groups in total. The minimum atomic E-state index is -2.30. The molecule has 0 spiro atoms. The van der Waals surface area contributed by atoms with Gasteiger partial charge in [0.25, 0.3) is 0 Å². The fraction of sp³-hybridized carbons (Fsp3) is 0.379. The van der Waals surface area contributed by atoms with Crippen LogP contribution >= 0.6 is 0 Å².